The minimum absolute atomic E-state index is 0.0416. The highest BCUT2D eigenvalue weighted by Crippen LogP contribution is 2.35. The highest BCUT2D eigenvalue weighted by atomic mass is 19.4. The van der Waals surface area contributed by atoms with E-state index in [1.807, 2.05) is 18.7 Å². The quantitative estimate of drug-likeness (QED) is 0.639. The van der Waals surface area contributed by atoms with Crippen LogP contribution in [0.3, 0.4) is 0 Å². The van der Waals surface area contributed by atoms with E-state index in [1.165, 1.54) is 6.07 Å². The van der Waals surface area contributed by atoms with Crippen molar-refractivity contribution in [2.75, 3.05) is 16.9 Å². The molecule has 106 valence electrons. The average molecular weight is 275 g/mol. The fourth-order valence-electron chi connectivity index (χ4n) is 2.31. The summed E-state index contributed by atoms with van der Waals surface area (Å²) in [6, 6.07) is 1.43. The van der Waals surface area contributed by atoms with E-state index in [4.69, 9.17) is 5.84 Å². The van der Waals surface area contributed by atoms with E-state index in [0.29, 0.717) is 6.54 Å². The maximum absolute atomic E-state index is 12.8. The fraction of sp³-hybridized carbons (Fsp3) is 0.636. The van der Waals surface area contributed by atoms with Gasteiger partial charge in [0.15, 0.2) is 0 Å². The van der Waals surface area contributed by atoms with Gasteiger partial charge in [-0.25, -0.2) is 15.8 Å². The number of nitrogens with one attached hydrogen (secondary N) is 1. The lowest BCUT2D eigenvalue weighted by atomic mass is 10.0. The molecular formula is C11H16F3N5. The minimum Gasteiger partial charge on any atom is -0.351 e. The van der Waals surface area contributed by atoms with Crippen LogP contribution in [0.15, 0.2) is 6.07 Å². The number of nitrogens with two attached hydrogens (primary N) is 1. The zero-order valence-corrected chi connectivity index (χ0v) is 10.8. The fourth-order valence-corrected chi connectivity index (χ4v) is 2.31. The van der Waals surface area contributed by atoms with Crippen LogP contribution in [-0.2, 0) is 6.18 Å². The molecule has 0 aliphatic carbocycles. The van der Waals surface area contributed by atoms with Crippen molar-refractivity contribution in [2.45, 2.75) is 38.4 Å². The molecular weight excluding hydrogens is 259 g/mol. The van der Waals surface area contributed by atoms with Gasteiger partial charge in [-0.15, -0.1) is 0 Å². The molecule has 0 unspecified atom stereocenters. The third-order valence-corrected chi connectivity index (χ3v) is 3.29. The van der Waals surface area contributed by atoms with Crippen molar-refractivity contribution in [3.63, 3.8) is 0 Å². The largest absolute Gasteiger partial charge is 0.451 e. The van der Waals surface area contributed by atoms with E-state index in [2.05, 4.69) is 15.4 Å². The van der Waals surface area contributed by atoms with E-state index >= 15 is 0 Å². The number of hydrogen-bond donors (Lipinski definition) is 2. The van der Waals surface area contributed by atoms with Crippen LogP contribution < -0.4 is 16.2 Å². The Morgan fingerprint density at radius 2 is 2.05 bits per heavy atom. The van der Waals surface area contributed by atoms with Gasteiger partial charge in [-0.05, 0) is 26.7 Å². The second-order valence-corrected chi connectivity index (χ2v) is 5.14. The summed E-state index contributed by atoms with van der Waals surface area (Å²) in [5.74, 6) is 4.20. The number of hydrogen-bond acceptors (Lipinski definition) is 5. The molecule has 1 aliphatic heterocycles. The van der Waals surface area contributed by atoms with E-state index in [-0.39, 0.29) is 17.2 Å². The topological polar surface area (TPSA) is 67.1 Å². The normalized spacial score (nSPS) is 18.7. The number of nitrogen functional groups attached to an aromatic ring is 1. The average Bonchev–Trinajstić information content (AvgIpc) is 2.67. The highest BCUT2D eigenvalue weighted by molar-refractivity contribution is 5.51. The molecule has 3 N–H and O–H groups in total. The molecule has 1 aromatic heterocycles. The van der Waals surface area contributed by atoms with Crippen molar-refractivity contribution in [1.29, 1.82) is 0 Å². The summed E-state index contributed by atoms with van der Waals surface area (Å²) in [4.78, 5) is 8.82. The van der Waals surface area contributed by atoms with Crippen LogP contribution in [0, 0.1) is 0 Å². The monoisotopic (exact) mass is 275 g/mol. The van der Waals surface area contributed by atoms with Crippen LogP contribution in [0.4, 0.5) is 24.8 Å². The van der Waals surface area contributed by atoms with Gasteiger partial charge < -0.3 is 10.3 Å². The summed E-state index contributed by atoms with van der Waals surface area (Å²) < 4.78 is 38.3. The molecule has 8 heteroatoms. The molecule has 0 atom stereocenters. The van der Waals surface area contributed by atoms with Crippen LogP contribution in [0.2, 0.25) is 0 Å². The summed E-state index contributed by atoms with van der Waals surface area (Å²) >= 11 is 0. The van der Waals surface area contributed by atoms with Gasteiger partial charge in [-0.1, -0.05) is 0 Å². The molecule has 1 aliphatic rings. The van der Waals surface area contributed by atoms with Gasteiger partial charge >= 0.3 is 6.18 Å². The number of alkyl halides is 3. The molecule has 2 rings (SSSR count). The molecule has 1 fully saturated rings. The number of nitrogens with zero attached hydrogens (tertiary/aromatic N) is 3. The third-order valence-electron chi connectivity index (χ3n) is 3.29. The van der Waals surface area contributed by atoms with E-state index in [0.717, 1.165) is 12.8 Å². The van der Waals surface area contributed by atoms with E-state index in [9.17, 15) is 13.2 Å². The molecule has 1 aromatic rings. The highest BCUT2D eigenvalue weighted by Gasteiger charge is 2.38. The van der Waals surface area contributed by atoms with Crippen molar-refractivity contribution in [3.05, 3.63) is 11.9 Å². The van der Waals surface area contributed by atoms with Crippen LogP contribution >= 0.6 is 0 Å². The number of halogens is 3. The zero-order valence-electron chi connectivity index (χ0n) is 10.8. The first kappa shape index (κ1) is 13.9. The van der Waals surface area contributed by atoms with Crippen molar-refractivity contribution < 1.29 is 13.2 Å². The van der Waals surface area contributed by atoms with Gasteiger partial charge in [0.2, 0.25) is 5.82 Å². The molecule has 0 spiro atoms. The zero-order chi connectivity index (χ0) is 14.3. The Morgan fingerprint density at radius 3 is 2.53 bits per heavy atom. The number of aromatic nitrogens is 2. The Bertz CT molecular complexity index is 472. The summed E-state index contributed by atoms with van der Waals surface area (Å²) in [6.45, 7) is 4.63. The smallest absolute Gasteiger partial charge is 0.351 e. The minimum atomic E-state index is -4.59. The molecule has 0 saturated carbocycles. The molecule has 2 heterocycles. The maximum Gasteiger partial charge on any atom is 0.451 e. The van der Waals surface area contributed by atoms with Crippen molar-refractivity contribution in [2.24, 2.45) is 5.84 Å². The third kappa shape index (κ3) is 2.73. The molecule has 0 aromatic carbocycles. The molecule has 0 amide bonds. The van der Waals surface area contributed by atoms with E-state index in [1.54, 1.807) is 0 Å². The van der Waals surface area contributed by atoms with Gasteiger partial charge in [0.1, 0.15) is 11.6 Å². The number of hydrazine groups is 1. The van der Waals surface area contributed by atoms with Crippen molar-refractivity contribution >= 4 is 11.6 Å². The number of anilines is 2. The van der Waals surface area contributed by atoms with Crippen LogP contribution in [0.25, 0.3) is 0 Å². The second kappa shape index (κ2) is 4.52. The Labute approximate surface area is 109 Å². The molecule has 5 nitrogen and oxygen atoms in total. The van der Waals surface area contributed by atoms with Gasteiger partial charge in [0.05, 0.1) is 0 Å². The standard InChI is InChI=1S/C11H16F3N5/c1-10(2)4-3-5-19(10)8-6-7(18-15)16-9(17-8)11(12,13)14/h6H,3-5,15H2,1-2H3,(H,16,17,18). The van der Waals surface area contributed by atoms with Crippen LogP contribution in [0.5, 0.6) is 0 Å². The predicted octanol–water partition coefficient (Wildman–Crippen LogP) is 2.16. The summed E-state index contributed by atoms with van der Waals surface area (Å²) in [5, 5.41) is 0. The lowest BCUT2D eigenvalue weighted by molar-refractivity contribution is -0.144. The van der Waals surface area contributed by atoms with Crippen LogP contribution in [0.1, 0.15) is 32.5 Å². The summed E-state index contributed by atoms with van der Waals surface area (Å²) in [5.41, 5.74) is 1.93. The lowest BCUT2D eigenvalue weighted by Gasteiger charge is -2.33. The van der Waals surface area contributed by atoms with Crippen LogP contribution in [-0.4, -0.2) is 22.1 Å². The Kier molecular flexibility index (Phi) is 3.29. The summed E-state index contributed by atoms with van der Waals surface area (Å²) in [6.07, 6.45) is -2.76. The van der Waals surface area contributed by atoms with E-state index < -0.39 is 12.0 Å². The predicted molar refractivity (Wildman–Crippen MR) is 65.5 cm³/mol. The Hall–Kier alpha value is -1.57. The van der Waals surface area contributed by atoms with Gasteiger partial charge in [-0.2, -0.15) is 13.2 Å². The molecule has 1 saturated heterocycles. The first-order valence-electron chi connectivity index (χ1n) is 5.94. The van der Waals surface area contributed by atoms with Gasteiger partial charge in [0, 0.05) is 18.2 Å². The second-order valence-electron chi connectivity index (χ2n) is 5.14. The first-order chi connectivity index (χ1) is 8.74. The Morgan fingerprint density at radius 1 is 1.37 bits per heavy atom. The maximum atomic E-state index is 12.8. The Balaban J connectivity index is 2.46. The molecule has 19 heavy (non-hydrogen) atoms. The number of rotatable bonds is 2. The lowest BCUT2D eigenvalue weighted by Crippen LogP contribution is -2.39. The van der Waals surface area contributed by atoms with Gasteiger partial charge in [-0.3, -0.25) is 0 Å². The first-order valence-corrected chi connectivity index (χ1v) is 5.94. The molecule has 0 radical (unpaired) electrons. The van der Waals surface area contributed by atoms with Gasteiger partial charge in [0.25, 0.3) is 0 Å². The van der Waals surface area contributed by atoms with Crippen molar-refractivity contribution in [1.82, 2.24) is 9.97 Å². The SMILES string of the molecule is CC1(C)CCCN1c1cc(NN)nc(C(F)(F)F)n1. The molecule has 0 bridgehead atoms. The van der Waals surface area contributed by atoms with Crippen molar-refractivity contribution in [3.8, 4) is 0 Å². The summed E-state index contributed by atoms with van der Waals surface area (Å²) in [7, 11) is 0.